The van der Waals surface area contributed by atoms with Crippen molar-refractivity contribution < 1.29 is 0 Å². The molecule has 0 N–H and O–H groups in total. The Morgan fingerprint density at radius 2 is 1.90 bits per heavy atom. The molecule has 0 unspecified atom stereocenters. The first-order chi connectivity index (χ1) is 9.54. The molecule has 1 rings (SSSR count). The lowest BCUT2D eigenvalue weighted by Crippen LogP contribution is -2.40. The molecule has 0 saturated carbocycles. The van der Waals surface area contributed by atoms with E-state index >= 15 is 0 Å². The lowest BCUT2D eigenvalue weighted by molar-refractivity contribution is 0.571. The first kappa shape index (κ1) is 16.9. The summed E-state index contributed by atoms with van der Waals surface area (Å²) in [6.07, 6.45) is 0.632. The van der Waals surface area contributed by atoms with E-state index in [1.807, 2.05) is 10.8 Å². The number of thioether (sulfide) groups is 2. The zero-order chi connectivity index (χ0) is 15.1. The Morgan fingerprint density at radius 3 is 2.50 bits per heavy atom. The molecule has 1 aromatic heterocycles. The summed E-state index contributed by atoms with van der Waals surface area (Å²) in [7, 11) is 1.41. The van der Waals surface area contributed by atoms with E-state index in [1.54, 1.807) is 0 Å². The fourth-order valence-electron chi connectivity index (χ4n) is 1.59. The Hall–Kier alpha value is -1.16. The van der Waals surface area contributed by atoms with Gasteiger partial charge in [-0.1, -0.05) is 0 Å². The molecule has 1 aromatic rings. The summed E-state index contributed by atoms with van der Waals surface area (Å²) in [5, 5.41) is 21.0. The van der Waals surface area contributed by atoms with Crippen molar-refractivity contribution >= 4 is 39.5 Å². The van der Waals surface area contributed by atoms with E-state index in [4.69, 9.17) is 10.5 Å². The van der Waals surface area contributed by atoms with Crippen LogP contribution in [-0.4, -0.2) is 14.9 Å². The lowest BCUT2D eigenvalue weighted by atomic mass is 10.4. The minimum absolute atomic E-state index is 0.258. The molecule has 106 valence electrons. The fraction of sp³-hybridized carbons (Fsp3) is 0.455. The number of nitriles is 2. The Morgan fingerprint density at radius 1 is 1.25 bits per heavy atom. The minimum atomic E-state index is -0.411. The molecule has 0 radical (unpaired) electrons. The maximum atomic E-state index is 12.1. The summed E-state index contributed by atoms with van der Waals surface area (Å²) in [5.41, 5.74) is -0.313. The van der Waals surface area contributed by atoms with Gasteiger partial charge in [-0.15, -0.1) is 0 Å². The molecule has 0 aliphatic heterocycles. The summed E-state index contributed by atoms with van der Waals surface area (Å²) < 4.78 is 2.81. The SMILES string of the molecule is Cn1c(=O)c(Br)c(CSC#N)n(CCCSC#N)c1=O. The summed E-state index contributed by atoms with van der Waals surface area (Å²) in [6, 6.07) is 0. The Labute approximate surface area is 132 Å². The third-order valence-electron chi connectivity index (χ3n) is 2.56. The first-order valence-corrected chi connectivity index (χ1v) is 8.31. The van der Waals surface area contributed by atoms with E-state index in [9.17, 15) is 9.59 Å². The average Bonchev–Trinajstić information content (AvgIpc) is 2.45. The molecule has 0 saturated heterocycles. The van der Waals surface area contributed by atoms with E-state index < -0.39 is 11.2 Å². The van der Waals surface area contributed by atoms with E-state index in [0.717, 1.165) is 28.1 Å². The van der Waals surface area contributed by atoms with Crippen molar-refractivity contribution in [1.82, 2.24) is 9.13 Å². The van der Waals surface area contributed by atoms with E-state index in [0.29, 0.717) is 28.9 Å². The minimum Gasteiger partial charge on any atom is -0.295 e. The van der Waals surface area contributed by atoms with E-state index in [-0.39, 0.29) is 5.75 Å². The van der Waals surface area contributed by atoms with Gasteiger partial charge in [-0.25, -0.2) is 4.79 Å². The fourth-order valence-corrected chi connectivity index (χ4v) is 3.26. The molecule has 20 heavy (non-hydrogen) atoms. The van der Waals surface area contributed by atoms with Crippen molar-refractivity contribution in [2.75, 3.05) is 5.75 Å². The number of hydrogen-bond donors (Lipinski definition) is 0. The van der Waals surface area contributed by atoms with Gasteiger partial charge in [-0.2, -0.15) is 10.5 Å². The van der Waals surface area contributed by atoms with Gasteiger partial charge in [0.05, 0.1) is 5.69 Å². The van der Waals surface area contributed by atoms with Gasteiger partial charge in [-0.05, 0) is 45.9 Å². The van der Waals surface area contributed by atoms with Crippen LogP contribution in [0.15, 0.2) is 14.1 Å². The molecule has 6 nitrogen and oxygen atoms in total. The largest absolute Gasteiger partial charge is 0.331 e. The molecule has 0 fully saturated rings. The van der Waals surface area contributed by atoms with Crippen LogP contribution in [-0.2, 0) is 19.3 Å². The predicted molar refractivity (Wildman–Crippen MR) is 83.2 cm³/mol. The molecule has 0 amide bonds. The molecule has 0 bridgehead atoms. The molecular weight excluding hydrogens is 364 g/mol. The van der Waals surface area contributed by atoms with Crippen molar-refractivity contribution in [3.63, 3.8) is 0 Å². The number of nitrogens with zero attached hydrogens (tertiary/aromatic N) is 4. The highest BCUT2D eigenvalue weighted by molar-refractivity contribution is 9.10. The van der Waals surface area contributed by atoms with Crippen molar-refractivity contribution in [2.45, 2.75) is 18.7 Å². The predicted octanol–water partition coefficient (Wildman–Crippen LogP) is 1.63. The third kappa shape index (κ3) is 3.92. The molecule has 0 aromatic carbocycles. The van der Waals surface area contributed by atoms with Gasteiger partial charge >= 0.3 is 5.69 Å². The zero-order valence-electron chi connectivity index (χ0n) is 10.6. The van der Waals surface area contributed by atoms with Crippen molar-refractivity contribution in [3.8, 4) is 10.8 Å². The van der Waals surface area contributed by atoms with Crippen molar-refractivity contribution in [2.24, 2.45) is 7.05 Å². The van der Waals surface area contributed by atoms with Gasteiger partial charge in [0.15, 0.2) is 0 Å². The molecule has 0 spiro atoms. The van der Waals surface area contributed by atoms with Crippen LogP contribution in [0, 0.1) is 21.3 Å². The average molecular weight is 375 g/mol. The lowest BCUT2D eigenvalue weighted by Gasteiger charge is -2.14. The molecule has 0 aliphatic rings. The molecule has 1 heterocycles. The summed E-state index contributed by atoms with van der Waals surface area (Å²) >= 11 is 5.28. The van der Waals surface area contributed by atoms with Crippen LogP contribution >= 0.6 is 39.5 Å². The molecular formula is C11H11BrN4O2S2. The van der Waals surface area contributed by atoms with E-state index in [2.05, 4.69) is 15.9 Å². The Bertz CT molecular complexity index is 684. The summed E-state index contributed by atoms with van der Waals surface area (Å²) in [4.78, 5) is 24.0. The molecule has 0 atom stereocenters. The van der Waals surface area contributed by atoms with Crippen LogP contribution in [0.5, 0.6) is 0 Å². The van der Waals surface area contributed by atoms with E-state index in [1.165, 1.54) is 11.6 Å². The number of hydrogen-bond acceptors (Lipinski definition) is 6. The number of aromatic nitrogens is 2. The number of rotatable bonds is 6. The highest BCUT2D eigenvalue weighted by atomic mass is 79.9. The second-order valence-electron chi connectivity index (χ2n) is 3.73. The maximum absolute atomic E-state index is 12.1. The van der Waals surface area contributed by atoms with Gasteiger partial charge in [0.1, 0.15) is 15.3 Å². The van der Waals surface area contributed by atoms with Crippen LogP contribution in [0.25, 0.3) is 0 Å². The highest BCUT2D eigenvalue weighted by Gasteiger charge is 2.15. The number of halogens is 1. The first-order valence-electron chi connectivity index (χ1n) is 5.54. The van der Waals surface area contributed by atoms with Crippen LogP contribution in [0.1, 0.15) is 12.1 Å². The maximum Gasteiger partial charge on any atom is 0.331 e. The normalized spacial score (nSPS) is 10.0. The van der Waals surface area contributed by atoms with Crippen molar-refractivity contribution in [3.05, 3.63) is 31.0 Å². The van der Waals surface area contributed by atoms with Crippen LogP contribution < -0.4 is 11.2 Å². The second kappa shape index (κ2) is 8.20. The molecule has 0 aliphatic carbocycles. The summed E-state index contributed by atoms with van der Waals surface area (Å²) in [6.45, 7) is 0.404. The standard InChI is InChI=1S/C11H11BrN4O2S2/c1-15-10(17)9(12)8(5-20-7-14)16(11(15)18)3-2-4-19-6-13/h2-5H2,1H3. The van der Waals surface area contributed by atoms with Gasteiger partial charge in [0, 0.05) is 25.1 Å². The Kier molecular flexibility index (Phi) is 6.93. The van der Waals surface area contributed by atoms with Crippen molar-refractivity contribution in [1.29, 1.82) is 10.5 Å². The second-order valence-corrected chi connectivity index (χ2v) is 6.16. The van der Waals surface area contributed by atoms with Gasteiger partial charge in [0.2, 0.25) is 0 Å². The van der Waals surface area contributed by atoms with Crippen LogP contribution in [0.2, 0.25) is 0 Å². The monoisotopic (exact) mass is 374 g/mol. The third-order valence-corrected chi connectivity index (χ3v) is 4.52. The van der Waals surface area contributed by atoms with Gasteiger partial charge in [0.25, 0.3) is 5.56 Å². The van der Waals surface area contributed by atoms with Crippen LogP contribution in [0.4, 0.5) is 0 Å². The topological polar surface area (TPSA) is 91.6 Å². The highest BCUT2D eigenvalue weighted by Crippen LogP contribution is 2.17. The molecule has 9 heteroatoms. The Balaban J connectivity index is 3.18. The van der Waals surface area contributed by atoms with Gasteiger partial charge in [-0.3, -0.25) is 13.9 Å². The summed E-state index contributed by atoms with van der Waals surface area (Å²) in [5.74, 6) is 0.863. The zero-order valence-corrected chi connectivity index (χ0v) is 13.8. The quantitative estimate of drug-likeness (QED) is 0.554. The number of thiocyanates is 2. The smallest absolute Gasteiger partial charge is 0.295 e. The van der Waals surface area contributed by atoms with Crippen LogP contribution in [0.3, 0.4) is 0 Å². The van der Waals surface area contributed by atoms with Gasteiger partial charge < -0.3 is 0 Å².